The number of carbonyl (C=O) groups excluding carboxylic acids is 1. The molecule has 2 aromatic carbocycles. The Morgan fingerprint density at radius 1 is 1.10 bits per heavy atom. The van der Waals surface area contributed by atoms with Crippen LogP contribution in [0.3, 0.4) is 0 Å². The Balaban J connectivity index is 2.21. The first kappa shape index (κ1) is 14.8. The summed E-state index contributed by atoms with van der Waals surface area (Å²) in [6.45, 7) is 4.13. The third kappa shape index (κ3) is 3.28. The first-order valence-corrected chi connectivity index (χ1v) is 7.23. The topological polar surface area (TPSA) is 26.3 Å². The average Bonchev–Trinajstić information content (AvgIpc) is 2.42. The first-order chi connectivity index (χ1) is 9.51. The third-order valence-electron chi connectivity index (χ3n) is 3.41. The van der Waals surface area contributed by atoms with E-state index in [2.05, 4.69) is 41.9 Å². The SMILES string of the molecule is COc1ccc(C(=O)Cc2ccc(C)c(C)c2)c(Br)c1. The standard InChI is InChI=1S/C17H17BrO2/c1-11-4-5-13(8-12(11)2)9-17(19)15-7-6-14(20-3)10-16(15)18/h4-8,10H,9H2,1-3H3. The van der Waals surface area contributed by atoms with Crippen LogP contribution in [0.4, 0.5) is 0 Å². The lowest BCUT2D eigenvalue weighted by Crippen LogP contribution is -2.05. The molecule has 0 N–H and O–H groups in total. The fourth-order valence-electron chi connectivity index (χ4n) is 2.04. The van der Waals surface area contributed by atoms with Gasteiger partial charge < -0.3 is 4.74 Å². The van der Waals surface area contributed by atoms with Crippen molar-refractivity contribution in [3.8, 4) is 5.75 Å². The minimum absolute atomic E-state index is 0.0998. The van der Waals surface area contributed by atoms with E-state index in [0.717, 1.165) is 15.8 Å². The molecule has 20 heavy (non-hydrogen) atoms. The number of aryl methyl sites for hydroxylation is 2. The molecule has 0 aliphatic rings. The lowest BCUT2D eigenvalue weighted by molar-refractivity contribution is 0.0992. The van der Waals surface area contributed by atoms with Gasteiger partial charge in [0.25, 0.3) is 0 Å². The maximum atomic E-state index is 12.4. The van der Waals surface area contributed by atoms with E-state index in [0.29, 0.717) is 12.0 Å². The number of ketones is 1. The summed E-state index contributed by atoms with van der Waals surface area (Å²) < 4.78 is 5.90. The highest BCUT2D eigenvalue weighted by Crippen LogP contribution is 2.24. The van der Waals surface area contributed by atoms with Gasteiger partial charge in [0.15, 0.2) is 5.78 Å². The summed E-state index contributed by atoms with van der Waals surface area (Å²) in [7, 11) is 1.61. The Morgan fingerprint density at radius 2 is 1.85 bits per heavy atom. The highest BCUT2D eigenvalue weighted by Gasteiger charge is 2.12. The van der Waals surface area contributed by atoms with Gasteiger partial charge in [-0.2, -0.15) is 0 Å². The van der Waals surface area contributed by atoms with Gasteiger partial charge in [-0.05, 0) is 64.7 Å². The van der Waals surface area contributed by atoms with Crippen LogP contribution >= 0.6 is 15.9 Å². The molecule has 0 spiro atoms. The fraction of sp³-hybridized carbons (Fsp3) is 0.235. The van der Waals surface area contributed by atoms with Crippen molar-refractivity contribution >= 4 is 21.7 Å². The first-order valence-electron chi connectivity index (χ1n) is 6.44. The molecule has 3 heteroatoms. The van der Waals surface area contributed by atoms with Crippen LogP contribution in [0.1, 0.15) is 27.0 Å². The predicted molar refractivity (Wildman–Crippen MR) is 84.6 cm³/mol. The molecular formula is C17H17BrO2. The maximum absolute atomic E-state index is 12.4. The fourth-order valence-corrected chi connectivity index (χ4v) is 2.62. The van der Waals surface area contributed by atoms with Crippen molar-refractivity contribution in [2.45, 2.75) is 20.3 Å². The molecule has 2 nitrogen and oxygen atoms in total. The summed E-state index contributed by atoms with van der Waals surface area (Å²) in [5.74, 6) is 0.836. The van der Waals surface area contributed by atoms with Gasteiger partial charge in [0.2, 0.25) is 0 Å². The molecular weight excluding hydrogens is 316 g/mol. The molecule has 0 aromatic heterocycles. The number of rotatable bonds is 4. The Morgan fingerprint density at radius 3 is 2.45 bits per heavy atom. The molecule has 0 amide bonds. The number of Topliss-reactive ketones (excluding diaryl/α,β-unsaturated/α-hetero) is 1. The maximum Gasteiger partial charge on any atom is 0.168 e. The molecule has 0 bridgehead atoms. The molecule has 0 atom stereocenters. The van der Waals surface area contributed by atoms with Gasteiger partial charge in [0.1, 0.15) is 5.75 Å². The van der Waals surface area contributed by atoms with E-state index in [-0.39, 0.29) is 5.78 Å². The number of carbonyl (C=O) groups is 1. The van der Waals surface area contributed by atoms with E-state index in [1.165, 1.54) is 11.1 Å². The van der Waals surface area contributed by atoms with E-state index < -0.39 is 0 Å². The Labute approximate surface area is 127 Å². The quantitative estimate of drug-likeness (QED) is 0.770. The molecule has 2 aromatic rings. The summed E-state index contributed by atoms with van der Waals surface area (Å²) in [6, 6.07) is 11.6. The Kier molecular flexibility index (Phi) is 4.61. The van der Waals surface area contributed by atoms with Crippen molar-refractivity contribution in [2.75, 3.05) is 7.11 Å². The third-order valence-corrected chi connectivity index (χ3v) is 4.07. The summed E-state index contributed by atoms with van der Waals surface area (Å²) >= 11 is 3.43. The minimum Gasteiger partial charge on any atom is -0.497 e. The van der Waals surface area contributed by atoms with Crippen molar-refractivity contribution < 1.29 is 9.53 Å². The lowest BCUT2D eigenvalue weighted by Gasteiger charge is -2.08. The van der Waals surface area contributed by atoms with E-state index >= 15 is 0 Å². The van der Waals surface area contributed by atoms with E-state index in [1.807, 2.05) is 12.1 Å². The van der Waals surface area contributed by atoms with E-state index in [9.17, 15) is 4.79 Å². The van der Waals surface area contributed by atoms with Crippen LogP contribution < -0.4 is 4.74 Å². The molecule has 2 rings (SSSR count). The second-order valence-corrected chi connectivity index (χ2v) is 5.72. The lowest BCUT2D eigenvalue weighted by atomic mass is 9.99. The van der Waals surface area contributed by atoms with Crippen LogP contribution in [0, 0.1) is 13.8 Å². The van der Waals surface area contributed by atoms with Crippen LogP contribution in [-0.2, 0) is 6.42 Å². The van der Waals surface area contributed by atoms with E-state index in [4.69, 9.17) is 4.74 Å². The Bertz CT molecular complexity index is 647. The smallest absolute Gasteiger partial charge is 0.168 e. The number of hydrogen-bond acceptors (Lipinski definition) is 2. The summed E-state index contributed by atoms with van der Waals surface area (Å²) in [6.07, 6.45) is 0.409. The van der Waals surface area contributed by atoms with Crippen LogP contribution in [0.25, 0.3) is 0 Å². The minimum atomic E-state index is 0.0998. The predicted octanol–water partition coefficient (Wildman–Crippen LogP) is 4.50. The molecule has 0 saturated carbocycles. The molecule has 0 unspecified atom stereocenters. The zero-order chi connectivity index (χ0) is 14.7. The van der Waals surface area contributed by atoms with Crippen LogP contribution in [0.2, 0.25) is 0 Å². The number of halogens is 1. The van der Waals surface area contributed by atoms with Gasteiger partial charge in [-0.25, -0.2) is 0 Å². The molecule has 0 aliphatic heterocycles. The van der Waals surface area contributed by atoms with Crippen LogP contribution in [0.15, 0.2) is 40.9 Å². The number of methoxy groups -OCH3 is 1. The van der Waals surface area contributed by atoms with Gasteiger partial charge in [-0.15, -0.1) is 0 Å². The van der Waals surface area contributed by atoms with E-state index in [1.54, 1.807) is 19.2 Å². The number of ether oxygens (including phenoxy) is 1. The van der Waals surface area contributed by atoms with Gasteiger partial charge in [-0.1, -0.05) is 18.2 Å². The van der Waals surface area contributed by atoms with Crippen molar-refractivity contribution in [1.82, 2.24) is 0 Å². The van der Waals surface area contributed by atoms with Crippen LogP contribution in [-0.4, -0.2) is 12.9 Å². The van der Waals surface area contributed by atoms with Crippen molar-refractivity contribution in [3.05, 3.63) is 63.1 Å². The molecule has 0 saturated heterocycles. The molecule has 0 radical (unpaired) electrons. The summed E-state index contributed by atoms with van der Waals surface area (Å²) in [4.78, 5) is 12.4. The van der Waals surface area contributed by atoms with Gasteiger partial charge in [-0.3, -0.25) is 4.79 Å². The largest absolute Gasteiger partial charge is 0.497 e. The van der Waals surface area contributed by atoms with Crippen molar-refractivity contribution in [3.63, 3.8) is 0 Å². The zero-order valence-corrected chi connectivity index (χ0v) is 13.5. The van der Waals surface area contributed by atoms with Crippen molar-refractivity contribution in [2.24, 2.45) is 0 Å². The summed E-state index contributed by atoms with van der Waals surface area (Å²) in [5.41, 5.74) is 4.18. The molecule has 0 aliphatic carbocycles. The van der Waals surface area contributed by atoms with Gasteiger partial charge >= 0.3 is 0 Å². The van der Waals surface area contributed by atoms with Crippen molar-refractivity contribution in [1.29, 1.82) is 0 Å². The highest BCUT2D eigenvalue weighted by molar-refractivity contribution is 9.10. The van der Waals surface area contributed by atoms with Gasteiger partial charge in [0, 0.05) is 16.5 Å². The highest BCUT2D eigenvalue weighted by atomic mass is 79.9. The number of hydrogen-bond donors (Lipinski definition) is 0. The summed E-state index contributed by atoms with van der Waals surface area (Å²) in [5, 5.41) is 0. The van der Waals surface area contributed by atoms with Crippen LogP contribution in [0.5, 0.6) is 5.75 Å². The molecule has 0 fully saturated rings. The molecule has 0 heterocycles. The normalized spacial score (nSPS) is 10.4. The zero-order valence-electron chi connectivity index (χ0n) is 11.9. The average molecular weight is 333 g/mol. The monoisotopic (exact) mass is 332 g/mol. The second-order valence-electron chi connectivity index (χ2n) is 4.86. The Hall–Kier alpha value is -1.61. The second kappa shape index (κ2) is 6.23. The number of benzene rings is 2. The van der Waals surface area contributed by atoms with Gasteiger partial charge in [0.05, 0.1) is 7.11 Å². The molecule has 104 valence electrons.